The van der Waals surface area contributed by atoms with Gasteiger partial charge < -0.3 is 19.3 Å². The molecule has 1 fully saturated rings. The van der Waals surface area contributed by atoms with Gasteiger partial charge in [0.1, 0.15) is 5.75 Å². The lowest BCUT2D eigenvalue weighted by atomic mass is 9.67. The molecule has 0 amide bonds. The van der Waals surface area contributed by atoms with Gasteiger partial charge in [0.2, 0.25) is 0 Å². The quantitative estimate of drug-likeness (QED) is 0.928. The van der Waals surface area contributed by atoms with E-state index >= 15 is 0 Å². The van der Waals surface area contributed by atoms with Crippen molar-refractivity contribution in [3.8, 4) is 17.2 Å². The number of methoxy groups -OCH3 is 1. The smallest absolute Gasteiger partial charge is 0.314 e. The molecule has 0 saturated heterocycles. The number of carbonyl (C=O) groups is 1. The third kappa shape index (κ3) is 1.95. The van der Waals surface area contributed by atoms with Gasteiger partial charge in [-0.05, 0) is 12.8 Å². The fourth-order valence-corrected chi connectivity index (χ4v) is 4.51. The van der Waals surface area contributed by atoms with Crippen molar-refractivity contribution >= 4 is 5.97 Å². The van der Waals surface area contributed by atoms with Gasteiger partial charge in [-0.2, -0.15) is 0 Å². The molecule has 0 aromatic heterocycles. The molecule has 2 aliphatic heterocycles. The van der Waals surface area contributed by atoms with E-state index in [2.05, 4.69) is 0 Å². The number of rotatable bonds is 3. The van der Waals surface area contributed by atoms with Gasteiger partial charge in [-0.3, -0.25) is 4.79 Å². The molecule has 1 aliphatic carbocycles. The Morgan fingerprint density at radius 2 is 1.70 bits per heavy atom. The summed E-state index contributed by atoms with van der Waals surface area (Å²) < 4.78 is 17.3. The third-order valence-electron chi connectivity index (χ3n) is 5.55. The molecule has 0 radical (unpaired) electrons. The van der Waals surface area contributed by atoms with Crippen LogP contribution >= 0.6 is 0 Å². The summed E-state index contributed by atoms with van der Waals surface area (Å²) in [5, 5.41) is 10.1. The molecule has 1 aromatic rings. The van der Waals surface area contributed by atoms with E-state index in [0.717, 1.165) is 66.0 Å². The van der Waals surface area contributed by atoms with Crippen molar-refractivity contribution in [1.29, 1.82) is 0 Å². The van der Waals surface area contributed by atoms with Crippen LogP contribution in [0.25, 0.3) is 0 Å². The molecule has 0 atom stereocenters. The third-order valence-corrected chi connectivity index (χ3v) is 5.55. The van der Waals surface area contributed by atoms with Crippen molar-refractivity contribution in [1.82, 2.24) is 0 Å². The zero-order chi connectivity index (χ0) is 16.0. The van der Waals surface area contributed by atoms with Gasteiger partial charge >= 0.3 is 5.97 Å². The average Bonchev–Trinajstić information content (AvgIpc) is 3.22. The topological polar surface area (TPSA) is 65.0 Å². The van der Waals surface area contributed by atoms with Gasteiger partial charge in [0.05, 0.1) is 25.7 Å². The maximum Gasteiger partial charge on any atom is 0.314 e. The first-order valence-electron chi connectivity index (χ1n) is 8.44. The van der Waals surface area contributed by atoms with Gasteiger partial charge in [-0.1, -0.05) is 19.3 Å². The summed E-state index contributed by atoms with van der Waals surface area (Å²) in [5.74, 6) is 1.52. The standard InChI is InChI=1S/C18H22O5/c1-21-15-12-6-10-22-14(12)13(11-5-9-23-16(11)15)18(17(19)20)7-3-2-4-8-18/h2-10H2,1H3,(H,19,20). The molecule has 1 aromatic carbocycles. The first kappa shape index (κ1) is 14.7. The van der Waals surface area contributed by atoms with Crippen molar-refractivity contribution in [2.45, 2.75) is 50.4 Å². The molecule has 3 aliphatic rings. The van der Waals surface area contributed by atoms with E-state index in [4.69, 9.17) is 14.2 Å². The van der Waals surface area contributed by atoms with E-state index in [1.807, 2.05) is 0 Å². The first-order chi connectivity index (χ1) is 11.2. The average molecular weight is 318 g/mol. The maximum atomic E-state index is 12.3. The summed E-state index contributed by atoms with van der Waals surface area (Å²) in [6, 6.07) is 0. The Hall–Kier alpha value is -1.91. The Balaban J connectivity index is 2.00. The highest BCUT2D eigenvalue weighted by atomic mass is 16.5. The summed E-state index contributed by atoms with van der Waals surface area (Å²) in [4.78, 5) is 12.3. The number of benzene rings is 1. The minimum absolute atomic E-state index is 0.581. The monoisotopic (exact) mass is 318 g/mol. The molecule has 5 heteroatoms. The molecule has 124 valence electrons. The highest BCUT2D eigenvalue weighted by Crippen LogP contribution is 2.55. The lowest BCUT2D eigenvalue weighted by molar-refractivity contribution is -0.145. The minimum atomic E-state index is -0.837. The van der Waals surface area contributed by atoms with Crippen molar-refractivity contribution in [2.24, 2.45) is 0 Å². The van der Waals surface area contributed by atoms with Crippen LogP contribution in [0.5, 0.6) is 17.2 Å². The van der Waals surface area contributed by atoms with Crippen LogP contribution in [0.15, 0.2) is 0 Å². The van der Waals surface area contributed by atoms with Gasteiger partial charge in [-0.25, -0.2) is 0 Å². The largest absolute Gasteiger partial charge is 0.492 e. The molecule has 2 heterocycles. The van der Waals surface area contributed by atoms with Crippen LogP contribution in [-0.2, 0) is 23.1 Å². The highest BCUT2D eigenvalue weighted by Gasteiger charge is 2.48. The molecule has 0 bridgehead atoms. The highest BCUT2D eigenvalue weighted by molar-refractivity contribution is 5.85. The molecule has 0 spiro atoms. The van der Waals surface area contributed by atoms with E-state index in [0.29, 0.717) is 26.1 Å². The second-order valence-corrected chi connectivity index (χ2v) is 6.67. The number of carboxylic acid groups (broad SMARTS) is 1. The fourth-order valence-electron chi connectivity index (χ4n) is 4.51. The first-order valence-corrected chi connectivity index (χ1v) is 8.44. The maximum absolute atomic E-state index is 12.3. The van der Waals surface area contributed by atoms with Crippen molar-refractivity contribution < 1.29 is 24.1 Å². The summed E-state index contributed by atoms with van der Waals surface area (Å²) in [6.45, 7) is 1.16. The lowest BCUT2D eigenvalue weighted by Gasteiger charge is -2.36. The molecule has 23 heavy (non-hydrogen) atoms. The second-order valence-electron chi connectivity index (χ2n) is 6.67. The van der Waals surface area contributed by atoms with Crippen molar-refractivity contribution in [3.63, 3.8) is 0 Å². The predicted molar refractivity (Wildman–Crippen MR) is 83.8 cm³/mol. The Kier molecular flexibility index (Phi) is 3.39. The summed E-state index contributed by atoms with van der Waals surface area (Å²) in [7, 11) is 1.64. The molecule has 5 nitrogen and oxygen atoms in total. The van der Waals surface area contributed by atoms with Gasteiger partial charge in [-0.15, -0.1) is 0 Å². The van der Waals surface area contributed by atoms with E-state index in [1.54, 1.807) is 7.11 Å². The number of aliphatic carboxylic acids is 1. The Morgan fingerprint density at radius 1 is 1.04 bits per heavy atom. The molecular formula is C18H22O5. The number of hydrogen-bond donors (Lipinski definition) is 1. The van der Waals surface area contributed by atoms with Crippen LogP contribution in [0, 0.1) is 0 Å². The van der Waals surface area contributed by atoms with Gasteiger partial charge in [0.15, 0.2) is 11.5 Å². The molecule has 0 unspecified atom stereocenters. The normalized spacial score (nSPS) is 21.1. The zero-order valence-electron chi connectivity index (χ0n) is 13.4. The van der Waals surface area contributed by atoms with Crippen LogP contribution in [0.4, 0.5) is 0 Å². The van der Waals surface area contributed by atoms with Gasteiger partial charge in [0, 0.05) is 29.5 Å². The lowest BCUT2D eigenvalue weighted by Crippen LogP contribution is -2.39. The number of hydrogen-bond acceptors (Lipinski definition) is 4. The molecular weight excluding hydrogens is 296 g/mol. The van der Waals surface area contributed by atoms with Crippen LogP contribution in [0.2, 0.25) is 0 Å². The second kappa shape index (κ2) is 5.32. The molecule has 1 N–H and O–H groups in total. The fraction of sp³-hybridized carbons (Fsp3) is 0.611. The van der Waals surface area contributed by atoms with E-state index < -0.39 is 11.4 Å². The van der Waals surface area contributed by atoms with E-state index in [9.17, 15) is 9.90 Å². The Morgan fingerprint density at radius 3 is 2.35 bits per heavy atom. The Labute approximate surface area is 135 Å². The summed E-state index contributed by atoms with van der Waals surface area (Å²) in [5.41, 5.74) is 2.02. The number of fused-ring (bicyclic) bond motifs is 2. The minimum Gasteiger partial charge on any atom is -0.492 e. The van der Waals surface area contributed by atoms with Crippen molar-refractivity contribution in [2.75, 3.05) is 20.3 Å². The predicted octanol–water partition coefficient (Wildman–Crippen LogP) is 2.85. The zero-order valence-corrected chi connectivity index (χ0v) is 13.4. The van der Waals surface area contributed by atoms with E-state index in [-0.39, 0.29) is 0 Å². The number of ether oxygens (including phenoxy) is 3. The Bertz CT molecular complexity index is 623. The summed E-state index contributed by atoms with van der Waals surface area (Å²) in [6.07, 6.45) is 5.83. The number of carboxylic acids is 1. The van der Waals surface area contributed by atoms with Crippen LogP contribution < -0.4 is 14.2 Å². The van der Waals surface area contributed by atoms with Crippen LogP contribution in [-0.4, -0.2) is 31.4 Å². The van der Waals surface area contributed by atoms with Crippen molar-refractivity contribution in [3.05, 3.63) is 16.7 Å². The molecule has 4 rings (SSSR count). The SMILES string of the molecule is COc1c2c(c(C3(C(=O)O)CCCCC3)c3c1OCC3)OCC2. The van der Waals surface area contributed by atoms with Gasteiger partial charge in [0.25, 0.3) is 0 Å². The van der Waals surface area contributed by atoms with Crippen LogP contribution in [0.1, 0.15) is 48.8 Å². The van der Waals surface area contributed by atoms with E-state index in [1.165, 1.54) is 0 Å². The van der Waals surface area contributed by atoms with Crippen LogP contribution in [0.3, 0.4) is 0 Å². The summed E-state index contributed by atoms with van der Waals surface area (Å²) >= 11 is 0. The molecule has 1 saturated carbocycles.